The van der Waals surface area contributed by atoms with Gasteiger partial charge in [-0.05, 0) is 6.92 Å². The van der Waals surface area contributed by atoms with Crippen molar-refractivity contribution in [2.75, 3.05) is 19.8 Å². The van der Waals surface area contributed by atoms with E-state index in [4.69, 9.17) is 6.42 Å². The number of carbonyl (C=O) groups excluding carboxylic acids is 1. The van der Waals surface area contributed by atoms with Gasteiger partial charge in [0.25, 0.3) is 0 Å². The number of hydrogen-bond acceptors (Lipinski definition) is 3. The zero-order valence-electron chi connectivity index (χ0n) is 7.18. The zero-order valence-corrected chi connectivity index (χ0v) is 7.18. The lowest BCUT2D eigenvalue weighted by Crippen LogP contribution is -2.35. The van der Waals surface area contributed by atoms with Crippen LogP contribution in [-0.2, 0) is 14.3 Å². The molecule has 0 amide bonds. The van der Waals surface area contributed by atoms with Crippen LogP contribution >= 0.6 is 0 Å². The van der Waals surface area contributed by atoms with Crippen molar-refractivity contribution in [2.45, 2.75) is 12.8 Å². The van der Waals surface area contributed by atoms with Crippen LogP contribution < -0.4 is 0 Å². The van der Waals surface area contributed by atoms with E-state index in [0.717, 1.165) is 0 Å². The molecule has 3 nitrogen and oxygen atoms in total. The predicted octanol–water partition coefficient (Wildman–Crippen LogP) is 0.835. The molecule has 0 radical (unpaired) electrons. The Kier molecular flexibility index (Phi) is 5.00. The standard InChI is InChI=1S/C8H10F2O3/c1-3-5-12-6-8(9,10)7(11)13-4-2/h1H,4-6H2,2H3. The maximum Gasteiger partial charge on any atom is 0.379 e. The number of carbonyl (C=O) groups is 1. The molecule has 0 heterocycles. The first-order chi connectivity index (χ1) is 6.04. The van der Waals surface area contributed by atoms with Crippen LogP contribution in [0.2, 0.25) is 0 Å². The summed E-state index contributed by atoms with van der Waals surface area (Å²) >= 11 is 0. The summed E-state index contributed by atoms with van der Waals surface area (Å²) in [5.41, 5.74) is 0. The van der Waals surface area contributed by atoms with E-state index in [-0.39, 0.29) is 13.2 Å². The van der Waals surface area contributed by atoms with E-state index < -0.39 is 18.5 Å². The van der Waals surface area contributed by atoms with Crippen molar-refractivity contribution >= 4 is 5.97 Å². The molecule has 0 aliphatic rings. The number of hydrogen-bond donors (Lipinski definition) is 0. The molecule has 74 valence electrons. The summed E-state index contributed by atoms with van der Waals surface area (Å²) in [6.07, 6.45) is 4.76. The topological polar surface area (TPSA) is 35.5 Å². The molecule has 0 aliphatic heterocycles. The average molecular weight is 192 g/mol. The highest BCUT2D eigenvalue weighted by Crippen LogP contribution is 2.15. The van der Waals surface area contributed by atoms with E-state index in [1.54, 1.807) is 0 Å². The van der Waals surface area contributed by atoms with E-state index in [1.807, 2.05) is 5.92 Å². The predicted molar refractivity (Wildman–Crippen MR) is 41.2 cm³/mol. The Morgan fingerprint density at radius 2 is 2.23 bits per heavy atom. The molecule has 0 N–H and O–H groups in total. The summed E-state index contributed by atoms with van der Waals surface area (Å²) in [5, 5.41) is 0. The van der Waals surface area contributed by atoms with Crippen molar-refractivity contribution in [3.8, 4) is 12.3 Å². The van der Waals surface area contributed by atoms with Crippen LogP contribution in [0, 0.1) is 12.3 Å². The van der Waals surface area contributed by atoms with E-state index in [9.17, 15) is 13.6 Å². The average Bonchev–Trinajstić information content (AvgIpc) is 2.05. The lowest BCUT2D eigenvalue weighted by atomic mass is 10.4. The first kappa shape index (κ1) is 11.8. The molecule has 5 heteroatoms. The Balaban J connectivity index is 3.92. The van der Waals surface area contributed by atoms with Crippen LogP contribution in [0.1, 0.15) is 6.92 Å². The smallest absolute Gasteiger partial charge is 0.379 e. The number of alkyl halides is 2. The Morgan fingerprint density at radius 3 is 2.69 bits per heavy atom. The van der Waals surface area contributed by atoms with Crippen molar-refractivity contribution in [2.24, 2.45) is 0 Å². The molecule has 0 aromatic rings. The lowest BCUT2D eigenvalue weighted by Gasteiger charge is -2.13. The van der Waals surface area contributed by atoms with Gasteiger partial charge in [0.15, 0.2) is 0 Å². The number of esters is 1. The zero-order chi connectivity index (χ0) is 10.3. The second-order valence-electron chi connectivity index (χ2n) is 2.12. The van der Waals surface area contributed by atoms with E-state index in [2.05, 4.69) is 9.47 Å². The van der Waals surface area contributed by atoms with Crippen LogP contribution in [0.4, 0.5) is 8.78 Å². The van der Waals surface area contributed by atoms with Crippen molar-refractivity contribution in [3.05, 3.63) is 0 Å². The molecular weight excluding hydrogens is 182 g/mol. The molecule has 0 atom stereocenters. The fourth-order valence-electron chi connectivity index (χ4n) is 0.534. The molecule has 0 rings (SSSR count). The van der Waals surface area contributed by atoms with Gasteiger partial charge in [-0.15, -0.1) is 6.42 Å². The Hall–Kier alpha value is -1.15. The minimum absolute atomic E-state index is 0.0937. The molecule has 0 aromatic heterocycles. The van der Waals surface area contributed by atoms with Gasteiger partial charge in [0.2, 0.25) is 0 Å². The summed E-state index contributed by atoms with van der Waals surface area (Å²) in [5.74, 6) is -3.21. The van der Waals surface area contributed by atoms with Gasteiger partial charge in [-0.25, -0.2) is 4.79 Å². The van der Waals surface area contributed by atoms with Gasteiger partial charge in [0.1, 0.15) is 13.2 Å². The second-order valence-corrected chi connectivity index (χ2v) is 2.12. The van der Waals surface area contributed by atoms with Crippen molar-refractivity contribution < 1.29 is 23.0 Å². The van der Waals surface area contributed by atoms with Gasteiger partial charge in [-0.2, -0.15) is 8.78 Å². The van der Waals surface area contributed by atoms with Crippen LogP contribution in [0.5, 0.6) is 0 Å². The number of rotatable bonds is 5. The van der Waals surface area contributed by atoms with Gasteiger partial charge in [0.05, 0.1) is 6.61 Å². The first-order valence-corrected chi connectivity index (χ1v) is 3.61. The third-order valence-electron chi connectivity index (χ3n) is 1.04. The number of ether oxygens (including phenoxy) is 2. The van der Waals surface area contributed by atoms with Crippen LogP contribution in [0.15, 0.2) is 0 Å². The Morgan fingerprint density at radius 1 is 1.62 bits per heavy atom. The molecule has 0 saturated heterocycles. The summed E-state index contributed by atoms with van der Waals surface area (Å²) in [6, 6.07) is 0. The summed E-state index contributed by atoms with van der Waals surface area (Å²) in [4.78, 5) is 10.6. The van der Waals surface area contributed by atoms with Gasteiger partial charge < -0.3 is 9.47 Å². The van der Waals surface area contributed by atoms with E-state index >= 15 is 0 Å². The van der Waals surface area contributed by atoms with Gasteiger partial charge >= 0.3 is 11.9 Å². The number of terminal acetylenes is 1. The van der Waals surface area contributed by atoms with Crippen LogP contribution in [-0.4, -0.2) is 31.7 Å². The fraction of sp³-hybridized carbons (Fsp3) is 0.625. The van der Waals surface area contributed by atoms with Crippen LogP contribution in [0.25, 0.3) is 0 Å². The van der Waals surface area contributed by atoms with Crippen molar-refractivity contribution in [3.63, 3.8) is 0 Å². The maximum atomic E-state index is 12.7. The van der Waals surface area contributed by atoms with Gasteiger partial charge in [-0.1, -0.05) is 5.92 Å². The Bertz CT molecular complexity index is 208. The Labute approximate surface area is 75.0 Å². The summed E-state index contributed by atoms with van der Waals surface area (Å²) in [6.45, 7) is 0.0465. The molecule has 0 bridgehead atoms. The van der Waals surface area contributed by atoms with E-state index in [1.165, 1.54) is 6.92 Å². The quantitative estimate of drug-likeness (QED) is 0.368. The largest absolute Gasteiger partial charge is 0.461 e. The fourth-order valence-corrected chi connectivity index (χ4v) is 0.534. The van der Waals surface area contributed by atoms with Gasteiger partial charge in [0, 0.05) is 0 Å². The van der Waals surface area contributed by atoms with Gasteiger partial charge in [-0.3, -0.25) is 0 Å². The highest BCUT2D eigenvalue weighted by Gasteiger charge is 2.40. The second kappa shape index (κ2) is 5.49. The van der Waals surface area contributed by atoms with Crippen LogP contribution in [0.3, 0.4) is 0 Å². The highest BCUT2D eigenvalue weighted by molar-refractivity contribution is 5.77. The number of halogens is 2. The summed E-state index contributed by atoms with van der Waals surface area (Å²) < 4.78 is 33.8. The minimum Gasteiger partial charge on any atom is -0.461 e. The monoisotopic (exact) mass is 192 g/mol. The molecule has 0 aromatic carbocycles. The molecule has 0 unspecified atom stereocenters. The molecule has 0 aliphatic carbocycles. The third-order valence-corrected chi connectivity index (χ3v) is 1.04. The maximum absolute atomic E-state index is 12.7. The molecular formula is C8H10F2O3. The molecule has 13 heavy (non-hydrogen) atoms. The normalized spacial score (nSPS) is 10.6. The molecule has 0 fully saturated rings. The van der Waals surface area contributed by atoms with Crippen molar-refractivity contribution in [1.82, 2.24) is 0 Å². The molecule has 0 saturated carbocycles. The first-order valence-electron chi connectivity index (χ1n) is 3.61. The third kappa shape index (κ3) is 4.43. The summed E-state index contributed by atoms with van der Waals surface area (Å²) in [7, 11) is 0. The minimum atomic E-state index is -3.62. The highest BCUT2D eigenvalue weighted by atomic mass is 19.3. The van der Waals surface area contributed by atoms with Crippen molar-refractivity contribution in [1.29, 1.82) is 0 Å². The SMILES string of the molecule is C#CCOCC(F)(F)C(=O)OCC. The van der Waals surface area contributed by atoms with E-state index in [0.29, 0.717) is 0 Å². The molecule has 0 spiro atoms. The lowest BCUT2D eigenvalue weighted by molar-refractivity contribution is -0.179.